The van der Waals surface area contributed by atoms with E-state index in [4.69, 9.17) is 56.8 Å². The van der Waals surface area contributed by atoms with Crippen LogP contribution in [0.4, 0.5) is 4.79 Å². The third kappa shape index (κ3) is 26.5. The standard InChI is InChI=1S/C43H71N7O14S/c1-35-47-49-42(50-48-35)36-6-8-37(9-7-36)64-33-32-63-31-30-62-29-28-61-27-26-60-25-24-59-23-22-58-21-20-57-19-18-56-17-16-55-15-14-54-13-12-53-11-10-44-40(51)5-3-2-4-39-41-38(34-65-39)45-43(52)46-41/h6-9,38-39,41H,2-5,10-34H2,1H3,(H,44,51)(H2,45,46,52)/t38-,39-,41-/m1/s1. The molecule has 65 heavy (non-hydrogen) atoms. The summed E-state index contributed by atoms with van der Waals surface area (Å²) in [5.41, 5.74) is 0.817. The van der Waals surface area contributed by atoms with Crippen molar-refractivity contribution in [2.24, 2.45) is 0 Å². The third-order valence-corrected chi connectivity index (χ3v) is 11.1. The van der Waals surface area contributed by atoms with Crippen LogP contribution in [0.5, 0.6) is 5.75 Å². The van der Waals surface area contributed by atoms with Gasteiger partial charge in [-0.25, -0.2) is 4.79 Å². The van der Waals surface area contributed by atoms with Crippen LogP contribution >= 0.6 is 11.8 Å². The van der Waals surface area contributed by atoms with Crippen LogP contribution in [0.2, 0.25) is 0 Å². The lowest BCUT2D eigenvalue weighted by molar-refractivity contribution is -0.121. The van der Waals surface area contributed by atoms with Gasteiger partial charge in [0.1, 0.15) is 12.4 Å². The number of nitrogens with zero attached hydrogens (tertiary/aromatic N) is 4. The Morgan fingerprint density at radius 3 is 1.48 bits per heavy atom. The van der Waals surface area contributed by atoms with E-state index < -0.39 is 0 Å². The van der Waals surface area contributed by atoms with Crippen LogP contribution in [-0.2, 0) is 56.9 Å². The first-order chi connectivity index (χ1) is 32.1. The second kappa shape index (κ2) is 36.7. The summed E-state index contributed by atoms with van der Waals surface area (Å²) >= 11 is 1.90. The maximum atomic E-state index is 12.1. The van der Waals surface area contributed by atoms with Gasteiger partial charge in [0.2, 0.25) is 11.7 Å². The molecule has 4 rings (SSSR count). The van der Waals surface area contributed by atoms with Gasteiger partial charge >= 0.3 is 6.03 Å². The first-order valence-electron chi connectivity index (χ1n) is 22.7. The van der Waals surface area contributed by atoms with Crippen molar-refractivity contribution < 1.29 is 66.4 Å². The SMILES string of the molecule is Cc1nnc(-c2ccc(OCCOCCOCCOCCOCCOCCOCCOCCOCCOCCOCCOCCNC(=O)CCCC[C@H]3SC[C@H]4NC(=O)N[C@H]43)cc2)nn1. The number of amides is 3. The van der Waals surface area contributed by atoms with Crippen LogP contribution in [0, 0.1) is 6.92 Å². The highest BCUT2D eigenvalue weighted by atomic mass is 32.2. The maximum Gasteiger partial charge on any atom is 0.315 e. The number of hydrogen-bond acceptors (Lipinski definition) is 19. The quantitative estimate of drug-likeness (QED) is 0.0634. The molecule has 3 heterocycles. The predicted octanol–water partition coefficient (Wildman–Crippen LogP) is 1.65. The summed E-state index contributed by atoms with van der Waals surface area (Å²) in [6.45, 7) is 13.1. The van der Waals surface area contributed by atoms with Crippen LogP contribution in [0.15, 0.2) is 24.3 Å². The van der Waals surface area contributed by atoms with E-state index in [1.165, 1.54) is 0 Å². The topological polar surface area (TPSA) is 233 Å². The van der Waals surface area contributed by atoms with Crippen LogP contribution in [0.25, 0.3) is 11.4 Å². The molecule has 2 aliphatic heterocycles. The Bertz CT molecular complexity index is 1490. The molecule has 2 saturated heterocycles. The molecule has 22 heteroatoms. The van der Waals surface area contributed by atoms with Crippen molar-refractivity contribution >= 4 is 23.7 Å². The molecule has 0 bridgehead atoms. The van der Waals surface area contributed by atoms with Gasteiger partial charge in [-0.1, -0.05) is 6.42 Å². The molecule has 0 saturated carbocycles. The number of fused-ring (bicyclic) bond motifs is 1. The summed E-state index contributed by atoms with van der Waals surface area (Å²) in [4.78, 5) is 23.6. The average Bonchev–Trinajstić information content (AvgIpc) is 3.88. The predicted molar refractivity (Wildman–Crippen MR) is 239 cm³/mol. The number of nitrogens with one attached hydrogen (secondary N) is 3. The first-order valence-corrected chi connectivity index (χ1v) is 23.7. The summed E-state index contributed by atoms with van der Waals surface area (Å²) < 4.78 is 66.4. The zero-order valence-electron chi connectivity index (χ0n) is 38.0. The molecule has 3 atom stereocenters. The monoisotopic (exact) mass is 941 g/mol. The van der Waals surface area contributed by atoms with E-state index in [1.807, 2.05) is 36.0 Å². The number of thioether (sulfide) groups is 1. The average molecular weight is 942 g/mol. The van der Waals surface area contributed by atoms with Crippen molar-refractivity contribution in [3.8, 4) is 17.1 Å². The Balaban J connectivity index is 0.741. The molecule has 3 N–H and O–H groups in total. The van der Waals surface area contributed by atoms with Gasteiger partial charge in [0.25, 0.3) is 0 Å². The minimum atomic E-state index is -0.0630. The molecule has 2 aliphatic rings. The van der Waals surface area contributed by atoms with Gasteiger partial charge in [-0.05, 0) is 44.0 Å². The molecule has 0 spiro atoms. The van der Waals surface area contributed by atoms with Gasteiger partial charge in [0, 0.05) is 29.5 Å². The van der Waals surface area contributed by atoms with Crippen LogP contribution in [0.1, 0.15) is 31.5 Å². The van der Waals surface area contributed by atoms with E-state index in [0.29, 0.717) is 182 Å². The lowest BCUT2D eigenvalue weighted by Gasteiger charge is -2.16. The highest BCUT2D eigenvalue weighted by Gasteiger charge is 2.42. The van der Waals surface area contributed by atoms with E-state index in [1.54, 1.807) is 6.92 Å². The molecular weight excluding hydrogens is 871 g/mol. The molecular formula is C43H71N7O14S. The molecule has 0 aliphatic carbocycles. The highest BCUT2D eigenvalue weighted by Crippen LogP contribution is 2.33. The van der Waals surface area contributed by atoms with Crippen molar-refractivity contribution in [3.63, 3.8) is 0 Å². The molecule has 1 aromatic heterocycles. The van der Waals surface area contributed by atoms with Gasteiger partial charge in [0.05, 0.1) is 157 Å². The Hall–Kier alpha value is -3.39. The fourth-order valence-corrected chi connectivity index (χ4v) is 7.78. The van der Waals surface area contributed by atoms with Crippen molar-refractivity contribution in [1.29, 1.82) is 0 Å². The Kier molecular flexibility index (Phi) is 30.6. The van der Waals surface area contributed by atoms with Gasteiger partial charge in [-0.15, -0.1) is 20.4 Å². The fourth-order valence-electron chi connectivity index (χ4n) is 6.24. The summed E-state index contributed by atoms with van der Waals surface area (Å²) in [5.74, 6) is 2.72. The number of carbonyl (C=O) groups is 2. The smallest absolute Gasteiger partial charge is 0.315 e. The van der Waals surface area contributed by atoms with Gasteiger partial charge in [-0.2, -0.15) is 11.8 Å². The molecule has 21 nitrogen and oxygen atoms in total. The molecule has 0 unspecified atom stereocenters. The van der Waals surface area contributed by atoms with Gasteiger partial charge < -0.3 is 72.8 Å². The minimum absolute atomic E-state index is 0.0399. The molecule has 3 amide bonds. The maximum absolute atomic E-state index is 12.1. The Morgan fingerprint density at radius 1 is 0.585 bits per heavy atom. The second-order valence-electron chi connectivity index (χ2n) is 14.6. The number of aromatic nitrogens is 4. The van der Waals surface area contributed by atoms with Crippen LogP contribution in [0.3, 0.4) is 0 Å². The lowest BCUT2D eigenvalue weighted by atomic mass is 10.0. The third-order valence-electron chi connectivity index (χ3n) is 9.56. The molecule has 368 valence electrons. The molecule has 0 radical (unpaired) electrons. The summed E-state index contributed by atoms with van der Waals surface area (Å²) in [5, 5.41) is 25.2. The first kappa shape index (κ1) is 54.2. The number of carbonyl (C=O) groups excluding carboxylic acids is 2. The van der Waals surface area contributed by atoms with E-state index in [-0.39, 0.29) is 24.0 Å². The van der Waals surface area contributed by atoms with E-state index in [2.05, 4.69) is 36.3 Å². The Morgan fingerprint density at radius 2 is 1.02 bits per heavy atom. The fraction of sp³-hybridized carbons (Fsp3) is 0.767. The number of benzene rings is 1. The number of hydrogen-bond donors (Lipinski definition) is 3. The lowest BCUT2D eigenvalue weighted by Crippen LogP contribution is -2.36. The van der Waals surface area contributed by atoms with Crippen molar-refractivity contribution in [2.75, 3.05) is 164 Å². The molecule has 2 fully saturated rings. The van der Waals surface area contributed by atoms with E-state index in [9.17, 15) is 9.59 Å². The molecule has 2 aromatic rings. The van der Waals surface area contributed by atoms with Crippen molar-refractivity contribution in [2.45, 2.75) is 49.9 Å². The summed E-state index contributed by atoms with van der Waals surface area (Å²) in [7, 11) is 0. The zero-order valence-corrected chi connectivity index (χ0v) is 38.8. The van der Waals surface area contributed by atoms with E-state index in [0.717, 1.165) is 36.3 Å². The summed E-state index contributed by atoms with van der Waals surface area (Å²) in [6.07, 6.45) is 3.32. The second-order valence-corrected chi connectivity index (χ2v) is 15.9. The largest absolute Gasteiger partial charge is 0.491 e. The molecule has 1 aromatic carbocycles. The number of urea groups is 1. The Labute approximate surface area is 387 Å². The number of unbranched alkanes of at least 4 members (excludes halogenated alkanes) is 1. The van der Waals surface area contributed by atoms with Gasteiger partial charge in [0.15, 0.2) is 5.82 Å². The number of aryl methyl sites for hydroxylation is 1. The zero-order chi connectivity index (χ0) is 45.7. The number of ether oxygens (including phenoxy) is 12. The van der Waals surface area contributed by atoms with Crippen molar-refractivity contribution in [1.82, 2.24) is 36.3 Å². The van der Waals surface area contributed by atoms with Gasteiger partial charge in [-0.3, -0.25) is 4.79 Å². The summed E-state index contributed by atoms with van der Waals surface area (Å²) in [6, 6.07) is 7.81. The van der Waals surface area contributed by atoms with Crippen LogP contribution < -0.4 is 20.7 Å². The van der Waals surface area contributed by atoms with Crippen molar-refractivity contribution in [3.05, 3.63) is 30.1 Å². The normalized spacial score (nSPS) is 16.7. The van der Waals surface area contributed by atoms with Crippen LogP contribution in [-0.4, -0.2) is 214 Å². The minimum Gasteiger partial charge on any atom is -0.491 e. The number of rotatable bonds is 43. The highest BCUT2D eigenvalue weighted by molar-refractivity contribution is 8.00. The van der Waals surface area contributed by atoms with E-state index >= 15 is 0 Å².